The molecule has 1 aliphatic rings. The molecule has 1 aliphatic heterocycles. The van der Waals surface area contributed by atoms with Gasteiger partial charge in [0.15, 0.2) is 0 Å². The summed E-state index contributed by atoms with van der Waals surface area (Å²) < 4.78 is 1.77. The Kier molecular flexibility index (Phi) is 4.24. The number of carbonyl (C=O) groups excluding carboxylic acids is 1. The molecule has 2 aromatic rings. The van der Waals surface area contributed by atoms with Crippen molar-refractivity contribution < 1.29 is 4.79 Å². The summed E-state index contributed by atoms with van der Waals surface area (Å²) in [5, 5.41) is 8.63. The zero-order chi connectivity index (χ0) is 17.3. The maximum Gasteiger partial charge on any atom is 0.219 e. The van der Waals surface area contributed by atoms with Gasteiger partial charge in [-0.3, -0.25) is 9.48 Å². The number of nitrogens with one attached hydrogen (secondary N) is 1. The highest BCUT2D eigenvalue weighted by Crippen LogP contribution is 2.22. The number of aryl methyl sites for hydroxylation is 1. The molecule has 1 aromatic heterocycles. The standard InChI is InChI=1S/C17H22N6O/c1-11(24)23-7-6-15(19-2)14(10-23)17(18)20-13-5-4-12-9-22(3)21-16(12)8-13/h4-5,8-9,19H,6-7,10H2,1-3H3,(H2,18,20). The number of hydrogen-bond acceptors (Lipinski definition) is 4. The smallest absolute Gasteiger partial charge is 0.219 e. The molecule has 0 spiro atoms. The van der Waals surface area contributed by atoms with Gasteiger partial charge in [-0.1, -0.05) is 0 Å². The number of rotatable bonds is 3. The Morgan fingerprint density at radius 3 is 2.92 bits per heavy atom. The quantitative estimate of drug-likeness (QED) is 0.657. The van der Waals surface area contributed by atoms with Gasteiger partial charge in [0.25, 0.3) is 0 Å². The van der Waals surface area contributed by atoms with E-state index in [-0.39, 0.29) is 5.91 Å². The molecular formula is C17H22N6O. The van der Waals surface area contributed by atoms with Gasteiger partial charge in [-0.15, -0.1) is 0 Å². The van der Waals surface area contributed by atoms with Crippen LogP contribution in [0.3, 0.4) is 0 Å². The number of aromatic nitrogens is 2. The van der Waals surface area contributed by atoms with E-state index in [2.05, 4.69) is 15.4 Å². The summed E-state index contributed by atoms with van der Waals surface area (Å²) in [6.45, 7) is 2.75. The first-order chi connectivity index (χ1) is 11.5. The van der Waals surface area contributed by atoms with E-state index in [0.29, 0.717) is 18.9 Å². The largest absolute Gasteiger partial charge is 0.391 e. The lowest BCUT2D eigenvalue weighted by Crippen LogP contribution is -2.40. The molecule has 0 radical (unpaired) electrons. The van der Waals surface area contributed by atoms with Crippen LogP contribution in [0.2, 0.25) is 0 Å². The van der Waals surface area contributed by atoms with Crippen molar-refractivity contribution >= 4 is 28.3 Å². The minimum Gasteiger partial charge on any atom is -0.391 e. The van der Waals surface area contributed by atoms with Gasteiger partial charge in [0, 0.05) is 56.8 Å². The Morgan fingerprint density at radius 2 is 2.21 bits per heavy atom. The lowest BCUT2D eigenvalue weighted by Gasteiger charge is -2.29. The average Bonchev–Trinajstić information content (AvgIpc) is 2.93. The molecule has 0 bridgehead atoms. The molecule has 2 heterocycles. The molecule has 126 valence electrons. The number of hydrogen-bond donors (Lipinski definition) is 2. The van der Waals surface area contributed by atoms with Crippen LogP contribution in [0, 0.1) is 0 Å². The number of carbonyl (C=O) groups is 1. The molecule has 24 heavy (non-hydrogen) atoms. The van der Waals surface area contributed by atoms with Crippen LogP contribution in [0.4, 0.5) is 5.69 Å². The normalized spacial score (nSPS) is 16.0. The lowest BCUT2D eigenvalue weighted by molar-refractivity contribution is -0.128. The summed E-state index contributed by atoms with van der Waals surface area (Å²) in [6.07, 6.45) is 2.71. The molecule has 0 saturated heterocycles. The van der Waals surface area contributed by atoms with Crippen molar-refractivity contribution in [2.24, 2.45) is 17.8 Å². The number of amides is 1. The van der Waals surface area contributed by atoms with Crippen LogP contribution < -0.4 is 11.1 Å². The summed E-state index contributed by atoms with van der Waals surface area (Å²) in [5.41, 5.74) is 9.79. The summed E-state index contributed by atoms with van der Waals surface area (Å²) >= 11 is 0. The van der Waals surface area contributed by atoms with Gasteiger partial charge in [-0.05, 0) is 18.2 Å². The van der Waals surface area contributed by atoms with E-state index in [0.717, 1.165) is 34.3 Å². The number of aliphatic imine (C=N–C) groups is 1. The molecule has 0 unspecified atom stereocenters. The summed E-state index contributed by atoms with van der Waals surface area (Å²) in [4.78, 5) is 18.0. The number of amidine groups is 1. The Bertz CT molecular complexity index is 848. The predicted molar refractivity (Wildman–Crippen MR) is 95.0 cm³/mol. The predicted octanol–water partition coefficient (Wildman–Crippen LogP) is 1.29. The molecule has 0 atom stereocenters. The number of fused-ring (bicyclic) bond motifs is 1. The van der Waals surface area contributed by atoms with E-state index in [1.54, 1.807) is 16.5 Å². The topological polar surface area (TPSA) is 88.5 Å². The second kappa shape index (κ2) is 6.35. The zero-order valence-electron chi connectivity index (χ0n) is 14.2. The van der Waals surface area contributed by atoms with Crippen LogP contribution in [0.25, 0.3) is 10.9 Å². The minimum atomic E-state index is 0.0466. The molecule has 1 aromatic carbocycles. The Balaban J connectivity index is 1.94. The third-order valence-electron chi connectivity index (χ3n) is 4.26. The molecule has 7 nitrogen and oxygen atoms in total. The van der Waals surface area contributed by atoms with Crippen LogP contribution in [0.1, 0.15) is 13.3 Å². The first-order valence-electron chi connectivity index (χ1n) is 7.91. The average molecular weight is 326 g/mol. The van der Waals surface area contributed by atoms with Gasteiger partial charge >= 0.3 is 0 Å². The third-order valence-corrected chi connectivity index (χ3v) is 4.26. The highest BCUT2D eigenvalue weighted by atomic mass is 16.2. The van der Waals surface area contributed by atoms with Gasteiger partial charge in [-0.25, -0.2) is 4.99 Å². The monoisotopic (exact) mass is 326 g/mol. The first kappa shape index (κ1) is 16.0. The Hall–Kier alpha value is -2.83. The molecule has 3 rings (SSSR count). The summed E-state index contributed by atoms with van der Waals surface area (Å²) in [7, 11) is 3.76. The van der Waals surface area contributed by atoms with E-state index in [4.69, 9.17) is 5.73 Å². The van der Waals surface area contributed by atoms with Crippen LogP contribution in [0.15, 0.2) is 40.7 Å². The van der Waals surface area contributed by atoms with Gasteiger partial charge in [-0.2, -0.15) is 5.10 Å². The van der Waals surface area contributed by atoms with E-state index in [9.17, 15) is 4.79 Å². The SMILES string of the molecule is CNC1=C(C(N)=Nc2ccc3cn(C)nc3c2)CN(C(C)=O)CC1. The van der Waals surface area contributed by atoms with Gasteiger partial charge < -0.3 is 16.0 Å². The van der Waals surface area contributed by atoms with Gasteiger partial charge in [0.05, 0.1) is 17.7 Å². The Labute approximate surface area is 140 Å². The van der Waals surface area contributed by atoms with Crippen molar-refractivity contribution in [2.45, 2.75) is 13.3 Å². The number of nitrogens with zero attached hydrogens (tertiary/aromatic N) is 4. The maximum absolute atomic E-state index is 11.7. The zero-order valence-corrected chi connectivity index (χ0v) is 14.2. The van der Waals surface area contributed by atoms with Gasteiger partial charge in [0.1, 0.15) is 5.84 Å². The lowest BCUT2D eigenvalue weighted by atomic mass is 10.0. The second-order valence-corrected chi connectivity index (χ2v) is 5.94. The van der Waals surface area contributed by atoms with Crippen molar-refractivity contribution in [2.75, 3.05) is 20.1 Å². The molecule has 0 aliphatic carbocycles. The molecule has 1 amide bonds. The number of nitrogens with two attached hydrogens (primary N) is 1. The van der Waals surface area contributed by atoms with Crippen LogP contribution in [0.5, 0.6) is 0 Å². The fourth-order valence-electron chi connectivity index (χ4n) is 2.95. The highest BCUT2D eigenvalue weighted by Gasteiger charge is 2.22. The van der Waals surface area contributed by atoms with Gasteiger partial charge in [0.2, 0.25) is 5.91 Å². The minimum absolute atomic E-state index is 0.0466. The van der Waals surface area contributed by atoms with E-state index in [1.165, 1.54) is 0 Å². The fourth-order valence-corrected chi connectivity index (χ4v) is 2.95. The van der Waals surface area contributed by atoms with Crippen molar-refractivity contribution in [1.82, 2.24) is 20.0 Å². The van der Waals surface area contributed by atoms with Crippen LogP contribution >= 0.6 is 0 Å². The van der Waals surface area contributed by atoms with Crippen molar-refractivity contribution in [1.29, 1.82) is 0 Å². The van der Waals surface area contributed by atoms with E-state index < -0.39 is 0 Å². The van der Waals surface area contributed by atoms with Crippen LogP contribution in [-0.2, 0) is 11.8 Å². The molecule has 3 N–H and O–H groups in total. The van der Waals surface area contributed by atoms with Crippen molar-refractivity contribution in [3.05, 3.63) is 35.7 Å². The maximum atomic E-state index is 11.7. The Morgan fingerprint density at radius 1 is 1.42 bits per heavy atom. The van der Waals surface area contributed by atoms with E-state index in [1.807, 2.05) is 38.5 Å². The summed E-state index contributed by atoms with van der Waals surface area (Å²) in [6, 6.07) is 5.81. The fraction of sp³-hybridized carbons (Fsp3) is 0.353. The van der Waals surface area contributed by atoms with Crippen molar-refractivity contribution in [3.63, 3.8) is 0 Å². The molecule has 0 saturated carbocycles. The molecule has 7 heteroatoms. The first-order valence-corrected chi connectivity index (χ1v) is 7.91. The van der Waals surface area contributed by atoms with E-state index >= 15 is 0 Å². The second-order valence-electron chi connectivity index (χ2n) is 5.94. The third kappa shape index (κ3) is 3.10. The highest BCUT2D eigenvalue weighted by molar-refractivity contribution is 6.00. The van der Waals surface area contributed by atoms with Crippen molar-refractivity contribution in [3.8, 4) is 0 Å². The summed E-state index contributed by atoms with van der Waals surface area (Å²) in [5.74, 6) is 0.478. The van der Waals surface area contributed by atoms with Crippen LogP contribution in [-0.4, -0.2) is 46.6 Å². The molecule has 0 fully saturated rings. The molecular weight excluding hydrogens is 304 g/mol. The number of benzene rings is 1.